The molecule has 1 heterocycles. The average Bonchev–Trinajstić information content (AvgIpc) is 2.26. The summed E-state index contributed by atoms with van der Waals surface area (Å²) in [6, 6.07) is 0. The predicted octanol–water partition coefficient (Wildman–Crippen LogP) is 0.109. The van der Waals surface area contributed by atoms with Crippen molar-refractivity contribution in [2.24, 2.45) is 0 Å². The molecule has 1 rings (SSSR count). The van der Waals surface area contributed by atoms with Crippen LogP contribution in [0.5, 0.6) is 0 Å². The van der Waals surface area contributed by atoms with Crippen molar-refractivity contribution >= 4 is 23.3 Å². The van der Waals surface area contributed by atoms with Crippen LogP contribution in [0.25, 0.3) is 0 Å². The number of nitrogens with zero attached hydrogens (tertiary/aromatic N) is 6. The molecule has 0 amide bonds. The Kier molecular flexibility index (Phi) is 3.03. The van der Waals surface area contributed by atoms with Gasteiger partial charge in [-0.15, -0.1) is 0 Å². The van der Waals surface area contributed by atoms with E-state index in [1.807, 2.05) is 0 Å². The molecule has 94 valence electrons. The first-order chi connectivity index (χ1) is 8.25. The van der Waals surface area contributed by atoms with E-state index in [1.54, 1.807) is 0 Å². The molecule has 0 saturated heterocycles. The number of hydrogen-bond acceptors (Lipinski definition) is 10. The highest BCUT2D eigenvalue weighted by Crippen LogP contribution is 2.34. The van der Waals surface area contributed by atoms with Crippen molar-refractivity contribution in [2.75, 3.05) is 0 Å². The van der Waals surface area contributed by atoms with Crippen LogP contribution in [0, 0.1) is 40.5 Å². The smallest absolute Gasteiger partial charge is 0.389 e. The van der Waals surface area contributed by atoms with E-state index in [1.165, 1.54) is 0 Å². The van der Waals surface area contributed by atoms with Gasteiger partial charge in [0.1, 0.15) is 0 Å². The highest BCUT2D eigenvalue weighted by atomic mass is 16.7. The number of aromatic nitrogens is 2. The Bertz CT molecular complexity index is 546. The first-order valence-electron chi connectivity index (χ1n) is 3.75. The van der Waals surface area contributed by atoms with Gasteiger partial charge in [0.05, 0.1) is 14.9 Å². The van der Waals surface area contributed by atoms with Crippen molar-refractivity contribution in [1.29, 1.82) is 0 Å². The van der Waals surface area contributed by atoms with Crippen LogP contribution in [-0.2, 0) is 0 Å². The zero-order chi connectivity index (χ0) is 14.0. The van der Waals surface area contributed by atoms with Gasteiger partial charge in [-0.05, 0) is 14.8 Å². The van der Waals surface area contributed by atoms with Crippen LogP contribution in [0.15, 0.2) is 0 Å². The second-order valence-electron chi connectivity index (χ2n) is 2.55. The Labute approximate surface area is 94.5 Å². The van der Waals surface area contributed by atoms with Gasteiger partial charge in [-0.1, -0.05) is 0 Å². The van der Waals surface area contributed by atoms with Gasteiger partial charge in [0.2, 0.25) is 0 Å². The fourth-order valence-electron chi connectivity index (χ4n) is 0.920. The second-order valence-corrected chi connectivity index (χ2v) is 2.55. The molecule has 0 aliphatic heterocycles. The third-order valence-corrected chi connectivity index (χ3v) is 1.53. The molecule has 14 nitrogen and oxygen atoms in total. The van der Waals surface area contributed by atoms with Crippen LogP contribution in [0.1, 0.15) is 0 Å². The Morgan fingerprint density at radius 1 is 0.667 bits per heavy atom. The molecule has 0 N–H and O–H groups in total. The van der Waals surface area contributed by atoms with Crippen molar-refractivity contribution in [3.05, 3.63) is 40.5 Å². The SMILES string of the molecule is O=[N+]([O-])c1nc([N+](=O)[O-])c([N+](=O)[O-])c([N+](=O)[O-])n1. The summed E-state index contributed by atoms with van der Waals surface area (Å²) >= 11 is 0. The predicted molar refractivity (Wildman–Crippen MR) is 48.6 cm³/mol. The van der Waals surface area contributed by atoms with Gasteiger partial charge in [0.25, 0.3) is 0 Å². The molecule has 0 atom stereocenters. The maximum atomic E-state index is 10.5. The Balaban J connectivity index is 3.76. The standard InChI is InChI=1S/C4N6O8/c11-7(12)1-2(8(13)14)5-4(10(17)18)6-3(1)9(15)16. The lowest BCUT2D eigenvalue weighted by Crippen LogP contribution is -2.08. The van der Waals surface area contributed by atoms with Crippen LogP contribution in [-0.4, -0.2) is 29.7 Å². The van der Waals surface area contributed by atoms with E-state index < -0.39 is 43.0 Å². The molecule has 0 unspecified atom stereocenters. The third-order valence-electron chi connectivity index (χ3n) is 1.53. The van der Waals surface area contributed by atoms with Gasteiger partial charge in [-0.3, -0.25) is 10.1 Å². The first-order valence-corrected chi connectivity index (χ1v) is 3.75. The summed E-state index contributed by atoms with van der Waals surface area (Å²) in [6.07, 6.45) is 0. The maximum Gasteiger partial charge on any atom is 0.549 e. The second kappa shape index (κ2) is 4.28. The molecule has 1 aromatic rings. The van der Waals surface area contributed by atoms with E-state index >= 15 is 0 Å². The van der Waals surface area contributed by atoms with E-state index in [0.717, 1.165) is 0 Å². The van der Waals surface area contributed by atoms with Gasteiger partial charge in [-0.25, -0.2) is 0 Å². The van der Waals surface area contributed by atoms with Gasteiger partial charge >= 0.3 is 23.3 Å². The Morgan fingerprint density at radius 2 is 1.06 bits per heavy atom. The molecule has 0 saturated carbocycles. The molecular weight excluding hydrogens is 260 g/mol. The lowest BCUT2D eigenvalue weighted by molar-refractivity contribution is -0.450. The highest BCUT2D eigenvalue weighted by Gasteiger charge is 2.43. The molecule has 1 aromatic heterocycles. The third kappa shape index (κ3) is 2.10. The lowest BCUT2D eigenvalue weighted by atomic mass is 10.4. The van der Waals surface area contributed by atoms with E-state index in [0.29, 0.717) is 0 Å². The average molecular weight is 260 g/mol. The highest BCUT2D eigenvalue weighted by molar-refractivity contribution is 5.59. The van der Waals surface area contributed by atoms with Crippen molar-refractivity contribution in [1.82, 2.24) is 9.97 Å². The number of rotatable bonds is 4. The molecular formula is C4N6O8. The summed E-state index contributed by atoms with van der Waals surface area (Å²) in [5.74, 6) is -4.71. The molecule has 0 radical (unpaired) electrons. The molecule has 0 aliphatic carbocycles. The quantitative estimate of drug-likeness (QED) is 0.528. The Morgan fingerprint density at radius 3 is 1.28 bits per heavy atom. The van der Waals surface area contributed by atoms with Gasteiger partial charge in [0, 0.05) is 0 Å². The zero-order valence-corrected chi connectivity index (χ0v) is 7.95. The van der Waals surface area contributed by atoms with Crippen molar-refractivity contribution in [2.45, 2.75) is 0 Å². The van der Waals surface area contributed by atoms with Gasteiger partial charge < -0.3 is 30.3 Å². The van der Waals surface area contributed by atoms with Gasteiger partial charge in [0.15, 0.2) is 0 Å². The molecule has 0 aromatic carbocycles. The van der Waals surface area contributed by atoms with Gasteiger partial charge in [-0.2, -0.15) is 0 Å². The minimum Gasteiger partial charge on any atom is -0.389 e. The summed E-state index contributed by atoms with van der Waals surface area (Å²) in [6.45, 7) is 0. The number of hydrogen-bond donors (Lipinski definition) is 0. The number of nitro groups is 4. The fourth-order valence-corrected chi connectivity index (χ4v) is 0.920. The lowest BCUT2D eigenvalue weighted by Gasteiger charge is -1.96. The summed E-state index contributed by atoms with van der Waals surface area (Å²) < 4.78 is 0. The van der Waals surface area contributed by atoms with E-state index in [9.17, 15) is 40.5 Å². The van der Waals surface area contributed by atoms with Crippen LogP contribution >= 0.6 is 0 Å². The van der Waals surface area contributed by atoms with E-state index in [-0.39, 0.29) is 0 Å². The Hall–Kier alpha value is -3.32. The largest absolute Gasteiger partial charge is 0.549 e. The fraction of sp³-hybridized carbons (Fsp3) is 0. The van der Waals surface area contributed by atoms with Crippen LogP contribution < -0.4 is 0 Å². The van der Waals surface area contributed by atoms with E-state index in [4.69, 9.17) is 0 Å². The summed E-state index contributed by atoms with van der Waals surface area (Å²) in [7, 11) is 0. The normalized spacial score (nSPS) is 9.78. The molecule has 0 fully saturated rings. The minimum absolute atomic E-state index is 1.34. The first kappa shape index (κ1) is 12.7. The summed E-state index contributed by atoms with van der Waals surface area (Å²) in [5, 5.41) is 41.7. The van der Waals surface area contributed by atoms with Crippen molar-refractivity contribution in [3.8, 4) is 0 Å². The van der Waals surface area contributed by atoms with Crippen molar-refractivity contribution in [3.63, 3.8) is 0 Å². The topological polar surface area (TPSA) is 198 Å². The summed E-state index contributed by atoms with van der Waals surface area (Å²) in [5.41, 5.74) is -1.62. The molecule has 0 aliphatic rings. The monoisotopic (exact) mass is 260 g/mol. The van der Waals surface area contributed by atoms with Crippen molar-refractivity contribution < 1.29 is 19.7 Å². The molecule has 18 heavy (non-hydrogen) atoms. The molecule has 0 spiro atoms. The summed E-state index contributed by atoms with van der Waals surface area (Å²) in [4.78, 5) is 41.3. The molecule has 14 heteroatoms. The van der Waals surface area contributed by atoms with Crippen LogP contribution in [0.2, 0.25) is 0 Å². The zero-order valence-electron chi connectivity index (χ0n) is 7.95. The molecule has 0 bridgehead atoms. The minimum atomic E-state index is -1.62. The van der Waals surface area contributed by atoms with Crippen LogP contribution in [0.3, 0.4) is 0 Å². The van der Waals surface area contributed by atoms with Crippen LogP contribution in [0.4, 0.5) is 23.3 Å². The van der Waals surface area contributed by atoms with E-state index in [2.05, 4.69) is 9.97 Å². The maximum absolute atomic E-state index is 10.5.